The molecule has 3 unspecified atom stereocenters. The first-order valence-corrected chi connectivity index (χ1v) is 6.52. The van der Waals surface area contributed by atoms with Crippen LogP contribution in [-0.4, -0.2) is 18.2 Å². The van der Waals surface area contributed by atoms with Gasteiger partial charge in [0, 0.05) is 6.04 Å². The first kappa shape index (κ1) is 13.9. The van der Waals surface area contributed by atoms with Crippen LogP contribution in [0.4, 0.5) is 0 Å². The molecule has 0 heterocycles. The Morgan fingerprint density at radius 2 is 2.06 bits per heavy atom. The van der Waals surface area contributed by atoms with Gasteiger partial charge in [0.25, 0.3) is 0 Å². The number of hydrogen-bond donors (Lipinski definition) is 2. The SMILES string of the molecule is CC1CCCC(C(COC(C)(C)C)NN)C1. The zero-order valence-corrected chi connectivity index (χ0v) is 11.3. The van der Waals surface area contributed by atoms with Crippen molar-refractivity contribution >= 4 is 0 Å². The van der Waals surface area contributed by atoms with Gasteiger partial charge >= 0.3 is 0 Å². The van der Waals surface area contributed by atoms with E-state index in [0.29, 0.717) is 12.0 Å². The van der Waals surface area contributed by atoms with Crippen LogP contribution < -0.4 is 11.3 Å². The van der Waals surface area contributed by atoms with Gasteiger partial charge in [-0.3, -0.25) is 11.3 Å². The molecule has 0 amide bonds. The summed E-state index contributed by atoms with van der Waals surface area (Å²) in [5.41, 5.74) is 2.87. The van der Waals surface area contributed by atoms with E-state index in [-0.39, 0.29) is 5.60 Å². The molecule has 1 aliphatic rings. The van der Waals surface area contributed by atoms with Gasteiger partial charge in [0.1, 0.15) is 0 Å². The van der Waals surface area contributed by atoms with Gasteiger partial charge in [-0.05, 0) is 45.4 Å². The Labute approximate surface area is 100 Å². The number of nitrogens with one attached hydrogen (secondary N) is 1. The summed E-state index contributed by atoms with van der Waals surface area (Å²) in [5, 5.41) is 0. The van der Waals surface area contributed by atoms with Gasteiger partial charge in [0.15, 0.2) is 0 Å². The minimum Gasteiger partial charge on any atom is -0.374 e. The lowest BCUT2D eigenvalue weighted by atomic mass is 9.79. The second-order valence-electron chi connectivity index (χ2n) is 6.23. The van der Waals surface area contributed by atoms with Gasteiger partial charge in [0.2, 0.25) is 0 Å². The fourth-order valence-corrected chi connectivity index (χ4v) is 2.51. The van der Waals surface area contributed by atoms with Crippen molar-refractivity contribution in [3.8, 4) is 0 Å². The summed E-state index contributed by atoms with van der Waals surface area (Å²) in [4.78, 5) is 0. The summed E-state index contributed by atoms with van der Waals surface area (Å²) in [5.74, 6) is 7.16. The minimum absolute atomic E-state index is 0.0740. The van der Waals surface area contributed by atoms with Crippen molar-refractivity contribution in [2.75, 3.05) is 6.61 Å². The molecule has 0 saturated heterocycles. The van der Waals surface area contributed by atoms with E-state index in [1.807, 2.05) is 0 Å². The third kappa shape index (κ3) is 4.81. The molecule has 1 fully saturated rings. The van der Waals surface area contributed by atoms with Crippen molar-refractivity contribution in [1.82, 2.24) is 5.43 Å². The van der Waals surface area contributed by atoms with Crippen LogP contribution >= 0.6 is 0 Å². The van der Waals surface area contributed by atoms with E-state index in [1.165, 1.54) is 25.7 Å². The lowest BCUT2D eigenvalue weighted by molar-refractivity contribution is -0.0261. The minimum atomic E-state index is -0.0740. The van der Waals surface area contributed by atoms with Crippen LogP contribution in [-0.2, 0) is 4.74 Å². The lowest BCUT2D eigenvalue weighted by Gasteiger charge is -2.34. The standard InChI is InChI=1S/C13H28N2O/c1-10-6-5-7-11(8-10)12(15-14)9-16-13(2,3)4/h10-12,15H,5-9,14H2,1-4H3. The quantitative estimate of drug-likeness (QED) is 0.574. The molecule has 0 spiro atoms. The summed E-state index contributed by atoms with van der Waals surface area (Å²) in [6.45, 7) is 9.32. The van der Waals surface area contributed by atoms with E-state index in [9.17, 15) is 0 Å². The molecule has 3 atom stereocenters. The highest BCUT2D eigenvalue weighted by Crippen LogP contribution is 2.31. The van der Waals surface area contributed by atoms with Crippen molar-refractivity contribution in [3.63, 3.8) is 0 Å². The maximum absolute atomic E-state index is 5.83. The molecule has 3 nitrogen and oxygen atoms in total. The summed E-state index contributed by atoms with van der Waals surface area (Å²) in [6, 6.07) is 0.307. The molecule has 1 aliphatic carbocycles. The Bertz CT molecular complexity index is 201. The van der Waals surface area contributed by atoms with Crippen molar-refractivity contribution in [1.29, 1.82) is 0 Å². The molecule has 0 radical (unpaired) electrons. The Kier molecular flexibility index (Phi) is 5.22. The summed E-state index contributed by atoms with van der Waals surface area (Å²) < 4.78 is 5.83. The van der Waals surface area contributed by atoms with E-state index in [4.69, 9.17) is 10.6 Å². The third-order valence-corrected chi connectivity index (χ3v) is 3.46. The molecule has 0 aromatic rings. The highest BCUT2D eigenvalue weighted by molar-refractivity contribution is 4.80. The molecular formula is C13H28N2O. The largest absolute Gasteiger partial charge is 0.374 e. The van der Waals surface area contributed by atoms with Crippen molar-refractivity contribution in [3.05, 3.63) is 0 Å². The third-order valence-electron chi connectivity index (χ3n) is 3.46. The van der Waals surface area contributed by atoms with Gasteiger partial charge < -0.3 is 4.74 Å². The Morgan fingerprint density at radius 1 is 1.38 bits per heavy atom. The van der Waals surface area contributed by atoms with Crippen LogP contribution in [0.25, 0.3) is 0 Å². The predicted molar refractivity (Wildman–Crippen MR) is 67.9 cm³/mol. The van der Waals surface area contributed by atoms with Gasteiger partial charge in [-0.1, -0.05) is 19.8 Å². The fourth-order valence-electron chi connectivity index (χ4n) is 2.51. The van der Waals surface area contributed by atoms with E-state index in [0.717, 1.165) is 12.5 Å². The second kappa shape index (κ2) is 5.99. The molecular weight excluding hydrogens is 200 g/mol. The van der Waals surface area contributed by atoms with E-state index >= 15 is 0 Å². The molecule has 0 bridgehead atoms. The topological polar surface area (TPSA) is 47.3 Å². The highest BCUT2D eigenvalue weighted by Gasteiger charge is 2.27. The highest BCUT2D eigenvalue weighted by atomic mass is 16.5. The maximum atomic E-state index is 5.83. The molecule has 3 N–H and O–H groups in total. The molecule has 1 saturated carbocycles. The Morgan fingerprint density at radius 3 is 2.56 bits per heavy atom. The summed E-state index contributed by atoms with van der Waals surface area (Å²) in [7, 11) is 0. The van der Waals surface area contributed by atoms with E-state index in [2.05, 4.69) is 33.1 Å². The number of hydrazine groups is 1. The summed E-state index contributed by atoms with van der Waals surface area (Å²) >= 11 is 0. The van der Waals surface area contributed by atoms with Crippen LogP contribution in [0.15, 0.2) is 0 Å². The number of rotatable bonds is 4. The van der Waals surface area contributed by atoms with Crippen LogP contribution in [0.2, 0.25) is 0 Å². The van der Waals surface area contributed by atoms with Crippen LogP contribution in [0.5, 0.6) is 0 Å². The molecule has 0 aromatic heterocycles. The van der Waals surface area contributed by atoms with Crippen LogP contribution in [0.3, 0.4) is 0 Å². The van der Waals surface area contributed by atoms with E-state index < -0.39 is 0 Å². The van der Waals surface area contributed by atoms with Crippen molar-refractivity contribution in [2.24, 2.45) is 17.7 Å². The van der Waals surface area contributed by atoms with Gasteiger partial charge in [-0.25, -0.2) is 0 Å². The number of hydrogen-bond acceptors (Lipinski definition) is 3. The monoisotopic (exact) mass is 228 g/mol. The lowest BCUT2D eigenvalue weighted by Crippen LogP contribution is -2.46. The van der Waals surface area contributed by atoms with Crippen LogP contribution in [0.1, 0.15) is 53.4 Å². The first-order valence-electron chi connectivity index (χ1n) is 6.52. The average Bonchev–Trinajstić information content (AvgIpc) is 2.17. The van der Waals surface area contributed by atoms with Gasteiger partial charge in [-0.2, -0.15) is 0 Å². The molecule has 0 aliphatic heterocycles. The Balaban J connectivity index is 2.40. The van der Waals surface area contributed by atoms with Gasteiger partial charge in [0.05, 0.1) is 12.2 Å². The maximum Gasteiger partial charge on any atom is 0.0642 e. The normalized spacial score (nSPS) is 29.1. The first-order chi connectivity index (χ1) is 7.42. The molecule has 1 rings (SSSR count). The molecule has 3 heteroatoms. The Hall–Kier alpha value is -0.120. The van der Waals surface area contributed by atoms with Crippen LogP contribution in [0, 0.1) is 11.8 Å². The zero-order chi connectivity index (χ0) is 12.2. The van der Waals surface area contributed by atoms with Crippen molar-refractivity contribution in [2.45, 2.75) is 65.0 Å². The van der Waals surface area contributed by atoms with Gasteiger partial charge in [-0.15, -0.1) is 0 Å². The second-order valence-corrected chi connectivity index (χ2v) is 6.23. The number of ether oxygens (including phenoxy) is 1. The van der Waals surface area contributed by atoms with Crippen molar-refractivity contribution < 1.29 is 4.74 Å². The molecule has 96 valence electrons. The zero-order valence-electron chi connectivity index (χ0n) is 11.3. The fraction of sp³-hybridized carbons (Fsp3) is 1.00. The molecule has 0 aromatic carbocycles. The average molecular weight is 228 g/mol. The summed E-state index contributed by atoms with van der Waals surface area (Å²) in [6.07, 6.45) is 5.27. The number of nitrogens with two attached hydrogens (primary N) is 1. The predicted octanol–water partition coefficient (Wildman–Crippen LogP) is 2.46. The smallest absolute Gasteiger partial charge is 0.0642 e. The van der Waals surface area contributed by atoms with E-state index in [1.54, 1.807) is 0 Å². The molecule has 16 heavy (non-hydrogen) atoms.